The number of carbonyl (C=O) groups excluding carboxylic acids is 2. The van der Waals surface area contributed by atoms with Crippen LogP contribution in [0.2, 0.25) is 0 Å². The van der Waals surface area contributed by atoms with Gasteiger partial charge in [-0.1, -0.05) is 30.3 Å². The van der Waals surface area contributed by atoms with Crippen molar-refractivity contribution < 1.29 is 18.0 Å². The van der Waals surface area contributed by atoms with E-state index in [1.807, 2.05) is 80.6 Å². The fraction of sp³-hybridized carbons (Fsp3) is 0.462. The van der Waals surface area contributed by atoms with E-state index < -0.39 is 10.0 Å². The Kier molecular flexibility index (Phi) is 7.56. The highest BCUT2D eigenvalue weighted by molar-refractivity contribution is 7.88. The molecular formula is C26H35N5O4S. The van der Waals surface area contributed by atoms with Crippen molar-refractivity contribution >= 4 is 27.6 Å². The van der Waals surface area contributed by atoms with E-state index >= 15 is 0 Å². The zero-order chi connectivity index (χ0) is 26.0. The Hall–Kier alpha value is -3.11. The number of amides is 3. The van der Waals surface area contributed by atoms with Crippen molar-refractivity contribution in [2.75, 3.05) is 71.6 Å². The SMILES string of the molecule is CN(C)c1ccc(C(=O)N(C)[C@@H]2CN(C(=O)N3CCN(S(C)(=O)=O)CC3)CC2c2ccccc2)cc1. The van der Waals surface area contributed by atoms with E-state index in [4.69, 9.17) is 0 Å². The summed E-state index contributed by atoms with van der Waals surface area (Å²) in [4.78, 5) is 34.1. The molecule has 3 amide bonds. The lowest BCUT2D eigenvalue weighted by atomic mass is 9.93. The monoisotopic (exact) mass is 513 g/mol. The minimum Gasteiger partial charge on any atom is -0.378 e. The molecule has 2 aromatic rings. The first-order valence-electron chi connectivity index (χ1n) is 12.1. The number of benzene rings is 2. The maximum Gasteiger partial charge on any atom is 0.320 e. The van der Waals surface area contributed by atoms with E-state index in [0.717, 1.165) is 11.3 Å². The van der Waals surface area contributed by atoms with Crippen LogP contribution in [0.4, 0.5) is 10.5 Å². The quantitative estimate of drug-likeness (QED) is 0.611. The van der Waals surface area contributed by atoms with Crippen LogP contribution in [-0.4, -0.2) is 112 Å². The second-order valence-electron chi connectivity index (χ2n) is 9.78. The number of sulfonamides is 1. The number of likely N-dealkylation sites (tertiary alicyclic amines) is 1. The summed E-state index contributed by atoms with van der Waals surface area (Å²) in [6.07, 6.45) is 1.20. The van der Waals surface area contributed by atoms with E-state index in [1.54, 1.807) is 14.7 Å². The Morgan fingerprint density at radius 2 is 1.44 bits per heavy atom. The number of urea groups is 1. The van der Waals surface area contributed by atoms with Crippen LogP contribution in [0.25, 0.3) is 0 Å². The number of piperazine rings is 1. The van der Waals surface area contributed by atoms with Gasteiger partial charge in [-0.3, -0.25) is 4.79 Å². The molecule has 2 saturated heterocycles. The summed E-state index contributed by atoms with van der Waals surface area (Å²) in [6, 6.07) is 17.2. The lowest BCUT2D eigenvalue weighted by Gasteiger charge is -2.35. The molecule has 2 aliphatic heterocycles. The molecule has 194 valence electrons. The van der Waals surface area contributed by atoms with Gasteiger partial charge in [0, 0.05) is 77.6 Å². The highest BCUT2D eigenvalue weighted by Gasteiger charge is 2.41. The van der Waals surface area contributed by atoms with Crippen LogP contribution >= 0.6 is 0 Å². The molecule has 9 nitrogen and oxygen atoms in total. The van der Waals surface area contributed by atoms with Crippen LogP contribution in [0.15, 0.2) is 54.6 Å². The molecule has 4 rings (SSSR count). The van der Waals surface area contributed by atoms with Crippen molar-refractivity contribution in [1.29, 1.82) is 0 Å². The van der Waals surface area contributed by atoms with E-state index in [0.29, 0.717) is 44.8 Å². The molecule has 1 unspecified atom stereocenters. The highest BCUT2D eigenvalue weighted by Crippen LogP contribution is 2.32. The average Bonchev–Trinajstić information content (AvgIpc) is 3.33. The van der Waals surface area contributed by atoms with Gasteiger partial charge in [-0.05, 0) is 29.8 Å². The maximum absolute atomic E-state index is 13.4. The fourth-order valence-corrected chi connectivity index (χ4v) is 5.86. The molecule has 0 aromatic heterocycles. The first-order chi connectivity index (χ1) is 17.1. The Balaban J connectivity index is 1.52. The van der Waals surface area contributed by atoms with Crippen LogP contribution in [0, 0.1) is 0 Å². The maximum atomic E-state index is 13.4. The smallest absolute Gasteiger partial charge is 0.320 e. The van der Waals surface area contributed by atoms with Crippen molar-refractivity contribution in [3.63, 3.8) is 0 Å². The van der Waals surface area contributed by atoms with Gasteiger partial charge >= 0.3 is 6.03 Å². The summed E-state index contributed by atoms with van der Waals surface area (Å²) in [7, 11) is 2.45. The second kappa shape index (κ2) is 10.5. The standard InChI is InChI=1S/C26H35N5O4S/c1-27(2)22-12-10-21(11-13-22)25(32)28(3)24-19-30(18-23(24)20-8-6-5-7-9-20)26(33)29-14-16-31(17-15-29)36(4,34)35/h5-13,23-24H,14-19H2,1-4H3/t23?,24-/m1/s1. The fourth-order valence-electron chi connectivity index (χ4n) is 5.03. The van der Waals surface area contributed by atoms with Gasteiger partial charge < -0.3 is 19.6 Å². The summed E-state index contributed by atoms with van der Waals surface area (Å²) in [5, 5.41) is 0. The number of nitrogens with zero attached hydrogens (tertiary/aromatic N) is 5. The van der Waals surface area contributed by atoms with Crippen LogP contribution in [0.3, 0.4) is 0 Å². The largest absolute Gasteiger partial charge is 0.378 e. The topological polar surface area (TPSA) is 84.5 Å². The molecule has 36 heavy (non-hydrogen) atoms. The van der Waals surface area contributed by atoms with E-state index in [-0.39, 0.29) is 23.9 Å². The molecule has 0 aliphatic carbocycles. The van der Waals surface area contributed by atoms with Crippen molar-refractivity contribution in [3.8, 4) is 0 Å². The van der Waals surface area contributed by atoms with Gasteiger partial charge in [0.2, 0.25) is 10.0 Å². The van der Waals surface area contributed by atoms with Gasteiger partial charge in [0.05, 0.1) is 12.3 Å². The number of hydrogen-bond acceptors (Lipinski definition) is 5. The van der Waals surface area contributed by atoms with Gasteiger partial charge in [0.1, 0.15) is 0 Å². The van der Waals surface area contributed by atoms with Gasteiger partial charge in [-0.15, -0.1) is 0 Å². The van der Waals surface area contributed by atoms with Gasteiger partial charge in [-0.2, -0.15) is 4.31 Å². The predicted octanol–water partition coefficient (Wildman–Crippen LogP) is 1.99. The lowest BCUT2D eigenvalue weighted by Crippen LogP contribution is -2.53. The van der Waals surface area contributed by atoms with E-state index in [2.05, 4.69) is 0 Å². The van der Waals surface area contributed by atoms with Crippen molar-refractivity contribution in [2.45, 2.75) is 12.0 Å². The zero-order valence-corrected chi connectivity index (χ0v) is 22.2. The second-order valence-corrected chi connectivity index (χ2v) is 11.8. The summed E-state index contributed by atoms with van der Waals surface area (Å²) in [6.45, 7) is 2.22. The first-order valence-corrected chi connectivity index (χ1v) is 14.0. The molecule has 0 spiro atoms. The highest BCUT2D eigenvalue weighted by atomic mass is 32.2. The Bertz CT molecular complexity index is 1180. The number of rotatable bonds is 5. The lowest BCUT2D eigenvalue weighted by molar-refractivity contribution is 0.0723. The van der Waals surface area contributed by atoms with Gasteiger partial charge in [0.15, 0.2) is 0 Å². The molecule has 2 heterocycles. The molecule has 2 aromatic carbocycles. The van der Waals surface area contributed by atoms with Crippen LogP contribution < -0.4 is 4.90 Å². The molecule has 0 N–H and O–H groups in total. The van der Waals surface area contributed by atoms with E-state index in [9.17, 15) is 18.0 Å². The number of carbonyl (C=O) groups is 2. The molecule has 2 fully saturated rings. The summed E-state index contributed by atoms with van der Waals surface area (Å²) < 4.78 is 25.1. The summed E-state index contributed by atoms with van der Waals surface area (Å²) >= 11 is 0. The number of hydrogen-bond donors (Lipinski definition) is 0. The average molecular weight is 514 g/mol. The van der Waals surface area contributed by atoms with Gasteiger partial charge in [-0.25, -0.2) is 13.2 Å². The van der Waals surface area contributed by atoms with Crippen molar-refractivity contribution in [1.82, 2.24) is 19.0 Å². The predicted molar refractivity (Wildman–Crippen MR) is 141 cm³/mol. The Morgan fingerprint density at radius 1 is 0.833 bits per heavy atom. The van der Waals surface area contributed by atoms with Crippen LogP contribution in [-0.2, 0) is 10.0 Å². The molecule has 0 bridgehead atoms. The minimum absolute atomic E-state index is 0.0255. The third-order valence-corrected chi connectivity index (χ3v) is 8.52. The summed E-state index contributed by atoms with van der Waals surface area (Å²) in [5.41, 5.74) is 2.71. The van der Waals surface area contributed by atoms with Crippen molar-refractivity contribution in [2.24, 2.45) is 0 Å². The molecule has 0 saturated carbocycles. The normalized spacial score (nSPS) is 20.9. The third kappa shape index (κ3) is 5.49. The van der Waals surface area contributed by atoms with Crippen molar-refractivity contribution in [3.05, 3.63) is 65.7 Å². The summed E-state index contributed by atoms with van der Waals surface area (Å²) in [5.74, 6) is -0.107. The molecular weight excluding hydrogens is 478 g/mol. The van der Waals surface area contributed by atoms with Crippen LogP contribution in [0.1, 0.15) is 21.8 Å². The van der Waals surface area contributed by atoms with Gasteiger partial charge in [0.25, 0.3) is 5.91 Å². The first kappa shape index (κ1) is 26.0. The zero-order valence-electron chi connectivity index (χ0n) is 21.4. The number of anilines is 1. The Labute approximate surface area is 213 Å². The van der Waals surface area contributed by atoms with E-state index in [1.165, 1.54) is 10.6 Å². The molecule has 2 aliphatic rings. The molecule has 10 heteroatoms. The molecule has 2 atom stereocenters. The van der Waals surface area contributed by atoms with Crippen LogP contribution in [0.5, 0.6) is 0 Å². The Morgan fingerprint density at radius 3 is 2.00 bits per heavy atom. The number of likely N-dealkylation sites (N-methyl/N-ethyl adjacent to an activating group) is 1. The molecule has 0 radical (unpaired) electrons. The minimum atomic E-state index is -3.27. The third-order valence-electron chi connectivity index (χ3n) is 7.21.